The van der Waals surface area contributed by atoms with Gasteiger partial charge in [0.25, 0.3) is 0 Å². The van der Waals surface area contributed by atoms with Crippen LogP contribution >= 0.6 is 0 Å². The van der Waals surface area contributed by atoms with Gasteiger partial charge in [0.05, 0.1) is 23.8 Å². The van der Waals surface area contributed by atoms with Crippen LogP contribution in [-0.4, -0.2) is 23.2 Å². The minimum atomic E-state index is -0.445. The number of hydrogen-bond acceptors (Lipinski definition) is 3. The summed E-state index contributed by atoms with van der Waals surface area (Å²) in [5, 5.41) is 21.6. The van der Waals surface area contributed by atoms with Crippen LogP contribution in [0.2, 0.25) is 0 Å². The quantitative estimate of drug-likeness (QED) is 0.661. The Bertz CT molecular complexity index is 543. The van der Waals surface area contributed by atoms with Gasteiger partial charge in [-0.25, -0.2) is 0 Å². The van der Waals surface area contributed by atoms with Gasteiger partial charge in [-0.1, -0.05) is 31.4 Å². The monoisotopic (exact) mass is 284 g/mol. The summed E-state index contributed by atoms with van der Waals surface area (Å²) in [6.07, 6.45) is 7.50. The first-order valence-corrected chi connectivity index (χ1v) is 7.36. The molecule has 1 fully saturated rings. The molecule has 0 radical (unpaired) electrons. The lowest BCUT2D eigenvalue weighted by atomic mass is 10.1. The number of benzene rings is 1. The van der Waals surface area contributed by atoms with Gasteiger partial charge >= 0.3 is 0 Å². The zero-order chi connectivity index (χ0) is 15.1. The summed E-state index contributed by atoms with van der Waals surface area (Å²) in [5.41, 5.74) is 1.46. The van der Waals surface area contributed by atoms with Crippen LogP contribution in [0.1, 0.15) is 43.2 Å². The zero-order valence-electron chi connectivity index (χ0n) is 12.0. The van der Waals surface area contributed by atoms with Crippen LogP contribution in [0.5, 0.6) is 0 Å². The van der Waals surface area contributed by atoms with Crippen LogP contribution in [0.3, 0.4) is 0 Å². The summed E-state index contributed by atoms with van der Waals surface area (Å²) < 4.78 is 0. The Labute approximate surface area is 125 Å². The Morgan fingerprint density at radius 3 is 2.67 bits per heavy atom. The van der Waals surface area contributed by atoms with E-state index in [-0.39, 0.29) is 11.9 Å². The molecule has 0 heterocycles. The number of carbonyl (C=O) groups excluding carboxylic acids is 1. The molecule has 1 aromatic rings. The van der Waals surface area contributed by atoms with Gasteiger partial charge in [-0.2, -0.15) is 5.26 Å². The molecule has 0 aromatic heterocycles. The maximum absolute atomic E-state index is 11.9. The summed E-state index contributed by atoms with van der Waals surface area (Å²) in [4.78, 5) is 11.9. The number of amides is 1. The van der Waals surface area contributed by atoms with E-state index in [9.17, 15) is 9.90 Å². The van der Waals surface area contributed by atoms with E-state index < -0.39 is 6.10 Å². The number of nitrogens with one attached hydrogen (secondary N) is 1. The first-order valence-electron chi connectivity index (χ1n) is 7.36. The Hall–Kier alpha value is -2.12. The second-order valence-corrected chi connectivity index (χ2v) is 5.39. The maximum atomic E-state index is 11.9. The predicted octanol–water partition coefficient (Wildman–Crippen LogP) is 2.38. The van der Waals surface area contributed by atoms with Crippen molar-refractivity contribution in [3.05, 3.63) is 41.5 Å². The van der Waals surface area contributed by atoms with Crippen LogP contribution in [0, 0.1) is 11.3 Å². The summed E-state index contributed by atoms with van der Waals surface area (Å²) >= 11 is 0. The molecule has 2 unspecified atom stereocenters. The molecule has 1 saturated carbocycles. The molecule has 110 valence electrons. The topological polar surface area (TPSA) is 73.1 Å². The van der Waals surface area contributed by atoms with Crippen molar-refractivity contribution in [3.8, 4) is 6.07 Å². The number of carbonyl (C=O) groups is 1. The van der Waals surface area contributed by atoms with E-state index in [1.807, 2.05) is 0 Å². The third kappa shape index (κ3) is 4.73. The Kier molecular flexibility index (Phi) is 5.53. The standard InChI is InChI=1S/C17H20N2O2/c18-12-14-8-6-13(7-9-14)10-11-17(21)19-15-4-2-1-3-5-16(15)20/h6-11,15-16,20H,1-5H2,(H,19,21)/b11-10+. The molecule has 2 rings (SSSR count). The number of hydrogen-bond donors (Lipinski definition) is 2. The molecule has 2 N–H and O–H groups in total. The number of aliphatic hydroxyl groups excluding tert-OH is 1. The third-order valence-electron chi connectivity index (χ3n) is 3.77. The van der Waals surface area contributed by atoms with Crippen molar-refractivity contribution < 1.29 is 9.90 Å². The molecule has 1 aromatic carbocycles. The van der Waals surface area contributed by atoms with Crippen molar-refractivity contribution in [2.75, 3.05) is 0 Å². The highest BCUT2D eigenvalue weighted by Crippen LogP contribution is 2.18. The fourth-order valence-corrected chi connectivity index (χ4v) is 2.53. The first-order chi connectivity index (χ1) is 10.2. The van der Waals surface area contributed by atoms with Gasteiger partial charge < -0.3 is 10.4 Å². The summed E-state index contributed by atoms with van der Waals surface area (Å²) in [6.45, 7) is 0. The lowest BCUT2D eigenvalue weighted by Crippen LogP contribution is -2.41. The van der Waals surface area contributed by atoms with Crippen molar-refractivity contribution in [1.82, 2.24) is 5.32 Å². The molecule has 21 heavy (non-hydrogen) atoms. The summed E-state index contributed by atoms with van der Waals surface area (Å²) in [7, 11) is 0. The van der Waals surface area contributed by atoms with Gasteiger partial charge in [0.15, 0.2) is 0 Å². The number of nitrogens with zero attached hydrogens (tertiary/aromatic N) is 1. The van der Waals surface area contributed by atoms with Crippen LogP contribution in [0.25, 0.3) is 6.08 Å². The van der Waals surface area contributed by atoms with Crippen molar-refractivity contribution in [2.24, 2.45) is 0 Å². The van der Waals surface area contributed by atoms with Crippen molar-refractivity contribution in [2.45, 2.75) is 44.2 Å². The molecule has 0 aliphatic heterocycles. The number of rotatable bonds is 3. The molecular formula is C17H20N2O2. The van der Waals surface area contributed by atoms with Gasteiger partial charge in [0.1, 0.15) is 0 Å². The molecule has 0 spiro atoms. The van der Waals surface area contributed by atoms with Crippen LogP contribution in [0.4, 0.5) is 0 Å². The minimum Gasteiger partial charge on any atom is -0.391 e. The molecular weight excluding hydrogens is 264 g/mol. The number of nitriles is 1. The van der Waals surface area contributed by atoms with Gasteiger partial charge in [0, 0.05) is 6.08 Å². The lowest BCUT2D eigenvalue weighted by Gasteiger charge is -2.20. The smallest absolute Gasteiger partial charge is 0.244 e. The van der Waals surface area contributed by atoms with Gasteiger partial charge in [-0.15, -0.1) is 0 Å². The summed E-state index contributed by atoms with van der Waals surface area (Å²) in [5.74, 6) is -0.190. The van der Waals surface area contributed by atoms with E-state index in [0.717, 1.165) is 37.7 Å². The predicted molar refractivity (Wildman–Crippen MR) is 81.2 cm³/mol. The highest BCUT2D eigenvalue weighted by atomic mass is 16.3. The number of aliphatic hydroxyl groups is 1. The Morgan fingerprint density at radius 2 is 1.95 bits per heavy atom. The molecule has 1 aliphatic carbocycles. The van der Waals surface area contributed by atoms with Crippen molar-refractivity contribution in [1.29, 1.82) is 5.26 Å². The average molecular weight is 284 g/mol. The van der Waals surface area contributed by atoms with Crippen LogP contribution in [0.15, 0.2) is 30.3 Å². The molecule has 1 amide bonds. The molecule has 0 bridgehead atoms. The fourth-order valence-electron chi connectivity index (χ4n) is 2.53. The third-order valence-corrected chi connectivity index (χ3v) is 3.77. The SMILES string of the molecule is N#Cc1ccc(/C=C/C(=O)NC2CCCCCC2O)cc1. The van der Waals surface area contributed by atoms with Crippen molar-refractivity contribution in [3.63, 3.8) is 0 Å². The Morgan fingerprint density at radius 1 is 1.24 bits per heavy atom. The zero-order valence-corrected chi connectivity index (χ0v) is 12.0. The van der Waals surface area contributed by atoms with E-state index in [0.29, 0.717) is 5.56 Å². The van der Waals surface area contributed by atoms with E-state index in [4.69, 9.17) is 5.26 Å². The first kappa shape index (κ1) is 15.3. The molecule has 4 heteroatoms. The lowest BCUT2D eigenvalue weighted by molar-refractivity contribution is -0.118. The van der Waals surface area contributed by atoms with Gasteiger partial charge in [0.2, 0.25) is 5.91 Å². The van der Waals surface area contributed by atoms with Crippen LogP contribution in [-0.2, 0) is 4.79 Å². The minimum absolute atomic E-state index is 0.148. The van der Waals surface area contributed by atoms with Gasteiger partial charge in [-0.05, 0) is 36.6 Å². The van der Waals surface area contributed by atoms with E-state index >= 15 is 0 Å². The maximum Gasteiger partial charge on any atom is 0.244 e. The summed E-state index contributed by atoms with van der Waals surface area (Å²) in [6, 6.07) is 8.92. The van der Waals surface area contributed by atoms with Crippen LogP contribution < -0.4 is 5.32 Å². The highest BCUT2D eigenvalue weighted by molar-refractivity contribution is 5.91. The molecule has 2 atom stereocenters. The van der Waals surface area contributed by atoms with Crippen molar-refractivity contribution >= 4 is 12.0 Å². The second kappa shape index (κ2) is 7.61. The fraction of sp³-hybridized carbons (Fsp3) is 0.412. The molecule has 4 nitrogen and oxygen atoms in total. The van der Waals surface area contributed by atoms with Gasteiger partial charge in [-0.3, -0.25) is 4.79 Å². The van der Waals surface area contributed by atoms with E-state index in [1.54, 1.807) is 30.3 Å². The largest absolute Gasteiger partial charge is 0.391 e. The second-order valence-electron chi connectivity index (χ2n) is 5.39. The normalized spacial score (nSPS) is 22.5. The molecule has 0 saturated heterocycles. The Balaban J connectivity index is 1.90. The molecule has 1 aliphatic rings. The highest BCUT2D eigenvalue weighted by Gasteiger charge is 2.22. The van der Waals surface area contributed by atoms with E-state index in [2.05, 4.69) is 11.4 Å². The average Bonchev–Trinajstić information content (AvgIpc) is 2.71. The van der Waals surface area contributed by atoms with E-state index in [1.165, 1.54) is 6.08 Å².